The number of nitrogens with two attached hydrogens (primary N) is 1. The number of hydrogen-bond donors (Lipinski definition) is 1. The second-order valence-electron chi connectivity index (χ2n) is 4.48. The Morgan fingerprint density at radius 2 is 1.78 bits per heavy atom. The fourth-order valence-corrected chi connectivity index (χ4v) is 1.61. The maximum absolute atomic E-state index is 12.4. The average Bonchev–Trinajstić information content (AvgIpc) is 2.29. The van der Waals surface area contributed by atoms with Crippen LogP contribution in [0.25, 0.3) is 0 Å². The van der Waals surface area contributed by atoms with Crippen LogP contribution in [0.15, 0.2) is 0 Å². The summed E-state index contributed by atoms with van der Waals surface area (Å²) in [6.45, 7) is 2.73. The summed E-state index contributed by atoms with van der Waals surface area (Å²) in [5.41, 5.74) is 5.64. The van der Waals surface area contributed by atoms with Crippen LogP contribution >= 0.6 is 0 Å². The van der Waals surface area contributed by atoms with E-state index < -0.39 is 24.7 Å². The number of rotatable bonds is 8. The van der Waals surface area contributed by atoms with Crippen molar-refractivity contribution in [2.24, 2.45) is 5.73 Å². The average molecular weight is 268 g/mol. The van der Waals surface area contributed by atoms with Gasteiger partial charge in [0.1, 0.15) is 6.54 Å². The molecule has 0 rings (SSSR count). The maximum atomic E-state index is 12.4. The van der Waals surface area contributed by atoms with Gasteiger partial charge in [0.15, 0.2) is 0 Å². The number of amides is 1. The van der Waals surface area contributed by atoms with Gasteiger partial charge in [-0.25, -0.2) is 0 Å². The van der Waals surface area contributed by atoms with E-state index in [1.54, 1.807) is 0 Å². The lowest BCUT2D eigenvalue weighted by Gasteiger charge is -2.26. The third-order valence-electron chi connectivity index (χ3n) is 2.65. The van der Waals surface area contributed by atoms with Crippen LogP contribution in [0, 0.1) is 0 Å². The van der Waals surface area contributed by atoms with Crippen LogP contribution in [-0.2, 0) is 4.79 Å². The summed E-state index contributed by atoms with van der Waals surface area (Å²) < 4.78 is 37.1. The number of carbonyl (C=O) groups is 1. The molecule has 6 heteroatoms. The molecule has 0 aromatic rings. The molecule has 0 aliphatic carbocycles. The van der Waals surface area contributed by atoms with E-state index in [1.165, 1.54) is 0 Å². The van der Waals surface area contributed by atoms with E-state index in [0.29, 0.717) is 12.8 Å². The smallest absolute Gasteiger partial charge is 0.332 e. The van der Waals surface area contributed by atoms with Gasteiger partial charge in [-0.3, -0.25) is 4.79 Å². The van der Waals surface area contributed by atoms with Crippen molar-refractivity contribution < 1.29 is 18.0 Å². The van der Waals surface area contributed by atoms with Crippen LogP contribution in [0.2, 0.25) is 0 Å². The first-order valence-corrected chi connectivity index (χ1v) is 6.43. The van der Waals surface area contributed by atoms with Gasteiger partial charge in [0.2, 0.25) is 5.91 Å². The molecule has 108 valence electrons. The maximum Gasteiger partial charge on any atom is 0.406 e. The summed E-state index contributed by atoms with van der Waals surface area (Å²) in [7, 11) is 0. The molecule has 0 saturated carbocycles. The van der Waals surface area contributed by atoms with Crippen molar-refractivity contribution in [1.82, 2.24) is 4.90 Å². The van der Waals surface area contributed by atoms with Crippen LogP contribution in [0.3, 0.4) is 0 Å². The standard InChI is InChI=1S/C12H23F3N2O/c1-3-5-7-10(16)11(18)17(8-6-4-2)9-12(13,14)15/h10H,3-9,16H2,1-2H3/t10-/m0/s1. The fraction of sp³-hybridized carbons (Fsp3) is 0.917. The van der Waals surface area contributed by atoms with Crippen molar-refractivity contribution >= 4 is 5.91 Å². The molecular weight excluding hydrogens is 245 g/mol. The number of nitrogens with zero attached hydrogens (tertiary/aromatic N) is 1. The van der Waals surface area contributed by atoms with Gasteiger partial charge < -0.3 is 10.6 Å². The highest BCUT2D eigenvalue weighted by atomic mass is 19.4. The van der Waals surface area contributed by atoms with E-state index in [0.717, 1.165) is 24.2 Å². The Bertz CT molecular complexity index is 244. The first kappa shape index (κ1) is 17.2. The molecule has 1 amide bonds. The minimum Gasteiger partial charge on any atom is -0.332 e. The highest BCUT2D eigenvalue weighted by Gasteiger charge is 2.34. The van der Waals surface area contributed by atoms with Crippen LogP contribution in [0.5, 0.6) is 0 Å². The Morgan fingerprint density at radius 1 is 1.22 bits per heavy atom. The van der Waals surface area contributed by atoms with Gasteiger partial charge in [-0.05, 0) is 12.8 Å². The van der Waals surface area contributed by atoms with E-state index in [4.69, 9.17) is 5.73 Å². The van der Waals surface area contributed by atoms with Gasteiger partial charge in [0.05, 0.1) is 6.04 Å². The predicted molar refractivity (Wildman–Crippen MR) is 65.0 cm³/mol. The SMILES string of the molecule is CCCC[C@H](N)C(=O)N(CCCC)CC(F)(F)F. The summed E-state index contributed by atoms with van der Waals surface area (Å²) in [6, 6.07) is -0.816. The zero-order valence-electron chi connectivity index (χ0n) is 11.1. The van der Waals surface area contributed by atoms with Gasteiger partial charge in [0.25, 0.3) is 0 Å². The molecule has 0 fully saturated rings. The van der Waals surface area contributed by atoms with Crippen molar-refractivity contribution in [3.63, 3.8) is 0 Å². The molecule has 18 heavy (non-hydrogen) atoms. The molecule has 0 radical (unpaired) electrons. The molecule has 0 bridgehead atoms. The second kappa shape index (κ2) is 8.34. The van der Waals surface area contributed by atoms with E-state index in [2.05, 4.69) is 0 Å². The van der Waals surface area contributed by atoms with Crippen molar-refractivity contribution in [2.75, 3.05) is 13.1 Å². The summed E-state index contributed by atoms with van der Waals surface area (Å²) >= 11 is 0. The molecule has 0 saturated heterocycles. The highest BCUT2D eigenvalue weighted by molar-refractivity contribution is 5.81. The van der Waals surface area contributed by atoms with Gasteiger partial charge in [-0.1, -0.05) is 33.1 Å². The number of alkyl halides is 3. The van der Waals surface area contributed by atoms with E-state index >= 15 is 0 Å². The van der Waals surface area contributed by atoms with Crippen LogP contribution < -0.4 is 5.73 Å². The third kappa shape index (κ3) is 7.53. The van der Waals surface area contributed by atoms with Gasteiger partial charge in [-0.15, -0.1) is 0 Å². The Hall–Kier alpha value is -0.780. The summed E-state index contributed by atoms with van der Waals surface area (Å²) in [5, 5.41) is 0. The Morgan fingerprint density at radius 3 is 2.22 bits per heavy atom. The molecule has 0 aliphatic rings. The van der Waals surface area contributed by atoms with Crippen LogP contribution in [0.4, 0.5) is 13.2 Å². The molecule has 0 aromatic heterocycles. The van der Waals surface area contributed by atoms with Crippen LogP contribution in [0.1, 0.15) is 46.0 Å². The molecule has 0 unspecified atom stereocenters. The summed E-state index contributed by atoms with van der Waals surface area (Å²) in [5.74, 6) is -0.589. The molecule has 1 atom stereocenters. The first-order chi connectivity index (χ1) is 8.31. The zero-order valence-corrected chi connectivity index (χ0v) is 11.1. The lowest BCUT2D eigenvalue weighted by atomic mass is 10.1. The Labute approximate surface area is 107 Å². The molecule has 0 aliphatic heterocycles. The summed E-state index contributed by atoms with van der Waals surface area (Å²) in [4.78, 5) is 12.7. The van der Waals surface area contributed by atoms with Crippen molar-refractivity contribution in [1.29, 1.82) is 0 Å². The molecular formula is C12H23F3N2O. The minimum atomic E-state index is -4.37. The molecule has 0 heterocycles. The molecule has 0 aromatic carbocycles. The number of unbranched alkanes of at least 4 members (excludes halogenated alkanes) is 2. The Kier molecular flexibility index (Phi) is 7.98. The fourth-order valence-electron chi connectivity index (χ4n) is 1.61. The van der Waals surface area contributed by atoms with Crippen molar-refractivity contribution in [2.45, 2.75) is 58.2 Å². The van der Waals surface area contributed by atoms with Crippen molar-refractivity contribution in [3.05, 3.63) is 0 Å². The second-order valence-corrected chi connectivity index (χ2v) is 4.48. The van der Waals surface area contributed by atoms with Gasteiger partial charge in [-0.2, -0.15) is 13.2 Å². The molecule has 3 nitrogen and oxygen atoms in total. The lowest BCUT2D eigenvalue weighted by Crippen LogP contribution is -2.47. The van der Waals surface area contributed by atoms with E-state index in [9.17, 15) is 18.0 Å². The number of carbonyl (C=O) groups excluding carboxylic acids is 1. The van der Waals surface area contributed by atoms with E-state index in [-0.39, 0.29) is 6.54 Å². The number of hydrogen-bond acceptors (Lipinski definition) is 2. The van der Waals surface area contributed by atoms with Crippen molar-refractivity contribution in [3.8, 4) is 0 Å². The summed E-state index contributed by atoms with van der Waals surface area (Å²) in [6.07, 6.45) is -1.01. The normalized spacial score (nSPS) is 13.4. The predicted octanol–water partition coefficient (Wildman–Crippen LogP) is 2.69. The largest absolute Gasteiger partial charge is 0.406 e. The highest BCUT2D eigenvalue weighted by Crippen LogP contribution is 2.18. The first-order valence-electron chi connectivity index (χ1n) is 6.43. The van der Waals surface area contributed by atoms with Crippen LogP contribution in [-0.4, -0.2) is 36.1 Å². The quantitative estimate of drug-likeness (QED) is 0.735. The number of halogens is 3. The molecule has 2 N–H and O–H groups in total. The van der Waals surface area contributed by atoms with Gasteiger partial charge >= 0.3 is 6.18 Å². The van der Waals surface area contributed by atoms with Gasteiger partial charge in [0, 0.05) is 6.54 Å². The monoisotopic (exact) mass is 268 g/mol. The molecule has 0 spiro atoms. The third-order valence-corrected chi connectivity index (χ3v) is 2.65. The topological polar surface area (TPSA) is 46.3 Å². The van der Waals surface area contributed by atoms with E-state index in [1.807, 2.05) is 13.8 Å². The lowest BCUT2D eigenvalue weighted by molar-refractivity contribution is -0.162. The zero-order chi connectivity index (χ0) is 14.2. The minimum absolute atomic E-state index is 0.120. The Balaban J connectivity index is 4.47.